The number of rotatable bonds is 6. The molecule has 0 bridgehead atoms. The van der Waals surface area contributed by atoms with Gasteiger partial charge in [-0.15, -0.1) is 0 Å². The number of halogens is 2. The van der Waals surface area contributed by atoms with Crippen molar-refractivity contribution in [3.63, 3.8) is 0 Å². The highest BCUT2D eigenvalue weighted by Crippen LogP contribution is 2.21. The Hall–Kier alpha value is -4.40. The van der Waals surface area contributed by atoms with Crippen LogP contribution in [0.15, 0.2) is 47.5 Å². The summed E-state index contributed by atoms with van der Waals surface area (Å²) in [6.45, 7) is 2.46. The highest BCUT2D eigenvalue weighted by atomic mass is 35.5. The Morgan fingerprint density at radius 3 is 2.82 bits per heavy atom. The van der Waals surface area contributed by atoms with Crippen LogP contribution >= 0.6 is 11.6 Å². The summed E-state index contributed by atoms with van der Waals surface area (Å²) in [6.07, 6.45) is 1.71. The summed E-state index contributed by atoms with van der Waals surface area (Å²) in [7, 11) is 1.45. The number of hydrogen-bond donors (Lipinski definition) is 2. The van der Waals surface area contributed by atoms with Gasteiger partial charge >= 0.3 is 0 Å². The molecule has 0 amide bonds. The molecule has 1 fully saturated rings. The zero-order valence-corrected chi connectivity index (χ0v) is 21.8. The molecule has 1 aliphatic rings. The van der Waals surface area contributed by atoms with Crippen LogP contribution in [-0.2, 0) is 11.2 Å². The summed E-state index contributed by atoms with van der Waals surface area (Å²) in [5.41, 5.74) is 7.16. The van der Waals surface area contributed by atoms with E-state index in [9.17, 15) is 9.18 Å². The van der Waals surface area contributed by atoms with Crippen LogP contribution < -0.4 is 26.4 Å². The molecule has 0 radical (unpaired) electrons. The second kappa shape index (κ2) is 11.6. The van der Waals surface area contributed by atoms with E-state index in [-0.39, 0.29) is 11.4 Å². The molecule has 4 aromatic rings. The van der Waals surface area contributed by atoms with E-state index in [1.54, 1.807) is 28.9 Å². The molecule has 0 saturated carbocycles. The van der Waals surface area contributed by atoms with Crippen molar-refractivity contribution < 1.29 is 13.9 Å². The average Bonchev–Trinajstić information content (AvgIpc) is 2.93. The van der Waals surface area contributed by atoms with Crippen LogP contribution in [0.5, 0.6) is 5.75 Å². The summed E-state index contributed by atoms with van der Waals surface area (Å²) in [5.74, 6) is 6.85. The standard InChI is InChI=1S/C27H25ClFN7O3/c1-38-19-14-17(13-18(29)15-19)5-6-20-25(30)32-16-33-26(20)31-8-7-23-34-22-4-2-3-21(28)24(22)27(37)36(23)35-9-11-39-12-10-35/h2-4,13-16H,7-12H2,1H3,(H3,30,31,32,33). The Labute approximate surface area is 228 Å². The number of fused-ring (bicyclic) bond motifs is 1. The first-order valence-corrected chi connectivity index (χ1v) is 12.6. The second-order valence-corrected chi connectivity index (χ2v) is 9.04. The Kier molecular flexibility index (Phi) is 7.76. The molecule has 0 unspecified atom stereocenters. The molecule has 2 aromatic heterocycles. The van der Waals surface area contributed by atoms with Gasteiger partial charge in [0.1, 0.15) is 40.9 Å². The van der Waals surface area contributed by atoms with Crippen molar-refractivity contribution in [3.05, 3.63) is 80.9 Å². The van der Waals surface area contributed by atoms with Crippen LogP contribution in [0.1, 0.15) is 17.0 Å². The minimum Gasteiger partial charge on any atom is -0.497 e. The lowest BCUT2D eigenvalue weighted by molar-refractivity contribution is 0.110. The molecule has 1 aliphatic heterocycles. The van der Waals surface area contributed by atoms with Crippen LogP contribution in [-0.4, -0.2) is 59.6 Å². The number of benzene rings is 2. The van der Waals surface area contributed by atoms with Gasteiger partial charge in [-0.1, -0.05) is 29.5 Å². The summed E-state index contributed by atoms with van der Waals surface area (Å²) >= 11 is 6.37. The Morgan fingerprint density at radius 1 is 1.21 bits per heavy atom. The average molecular weight is 550 g/mol. The molecule has 3 N–H and O–H groups in total. The maximum Gasteiger partial charge on any atom is 0.281 e. The molecule has 5 rings (SSSR count). The third kappa shape index (κ3) is 5.72. The highest BCUT2D eigenvalue weighted by Gasteiger charge is 2.20. The topological polar surface area (TPSA) is 120 Å². The van der Waals surface area contributed by atoms with Crippen molar-refractivity contribution >= 4 is 34.1 Å². The number of aromatic nitrogens is 4. The van der Waals surface area contributed by atoms with Crippen molar-refractivity contribution in [1.29, 1.82) is 0 Å². The minimum atomic E-state index is -0.468. The second-order valence-electron chi connectivity index (χ2n) is 8.63. The number of hydrogen-bond acceptors (Lipinski definition) is 9. The fraction of sp³-hybridized carbons (Fsp3) is 0.259. The first kappa shape index (κ1) is 26.2. The molecule has 1 saturated heterocycles. The Bertz CT molecular complexity index is 1640. The summed E-state index contributed by atoms with van der Waals surface area (Å²) in [4.78, 5) is 26.6. The summed E-state index contributed by atoms with van der Waals surface area (Å²) in [6, 6.07) is 9.39. The zero-order valence-electron chi connectivity index (χ0n) is 21.1. The van der Waals surface area contributed by atoms with Crippen molar-refractivity contribution in [2.24, 2.45) is 0 Å². The normalized spacial score (nSPS) is 13.2. The van der Waals surface area contributed by atoms with Gasteiger partial charge in [0.2, 0.25) is 0 Å². The van der Waals surface area contributed by atoms with E-state index in [1.165, 1.54) is 25.6 Å². The Balaban J connectivity index is 1.43. The number of morpholine rings is 1. The summed E-state index contributed by atoms with van der Waals surface area (Å²) < 4.78 is 26.0. The number of ether oxygens (including phenoxy) is 2. The molecule has 12 heteroatoms. The third-order valence-electron chi connectivity index (χ3n) is 6.12. The lowest BCUT2D eigenvalue weighted by Crippen LogP contribution is -2.50. The van der Waals surface area contributed by atoms with Crippen molar-refractivity contribution in [3.8, 4) is 17.6 Å². The van der Waals surface area contributed by atoms with Gasteiger partial charge < -0.3 is 25.5 Å². The first-order chi connectivity index (χ1) is 18.9. The maximum atomic E-state index is 13.9. The SMILES string of the molecule is COc1cc(F)cc(C#Cc2c(N)ncnc2NCCc2nc3cccc(Cl)c3c(=O)n2N2CCOCC2)c1. The van der Waals surface area contributed by atoms with Crippen molar-refractivity contribution in [1.82, 2.24) is 19.6 Å². The van der Waals surface area contributed by atoms with E-state index < -0.39 is 5.82 Å². The van der Waals surface area contributed by atoms with Crippen LogP contribution in [0.4, 0.5) is 16.0 Å². The van der Waals surface area contributed by atoms with E-state index in [0.717, 1.165) is 0 Å². The van der Waals surface area contributed by atoms with Gasteiger partial charge in [-0.25, -0.2) is 24.0 Å². The largest absolute Gasteiger partial charge is 0.497 e. The predicted molar refractivity (Wildman–Crippen MR) is 147 cm³/mol. The van der Waals surface area contributed by atoms with Crippen LogP contribution in [0.3, 0.4) is 0 Å². The number of nitrogen functional groups attached to an aromatic ring is 1. The number of nitrogens with one attached hydrogen (secondary N) is 1. The molecule has 3 heterocycles. The minimum absolute atomic E-state index is 0.173. The number of methoxy groups -OCH3 is 1. The molecule has 10 nitrogen and oxygen atoms in total. The monoisotopic (exact) mass is 549 g/mol. The van der Waals surface area contributed by atoms with Gasteiger partial charge in [0.15, 0.2) is 0 Å². The molecule has 39 heavy (non-hydrogen) atoms. The molecular formula is C27H25ClFN7O3. The lowest BCUT2D eigenvalue weighted by Gasteiger charge is -2.31. The van der Waals surface area contributed by atoms with Gasteiger partial charge in [0, 0.05) is 24.6 Å². The highest BCUT2D eigenvalue weighted by molar-refractivity contribution is 6.35. The van der Waals surface area contributed by atoms with E-state index in [2.05, 4.69) is 27.1 Å². The number of nitrogens with zero attached hydrogens (tertiary/aromatic N) is 5. The molecule has 0 spiro atoms. The number of anilines is 2. The van der Waals surface area contributed by atoms with E-state index in [1.807, 2.05) is 5.01 Å². The smallest absolute Gasteiger partial charge is 0.281 e. The Morgan fingerprint density at radius 2 is 2.03 bits per heavy atom. The van der Waals surface area contributed by atoms with Crippen molar-refractivity contribution in [2.75, 3.05) is 56.0 Å². The summed E-state index contributed by atoms with van der Waals surface area (Å²) in [5, 5.41) is 5.87. The predicted octanol–water partition coefficient (Wildman–Crippen LogP) is 2.59. The number of nitrogens with two attached hydrogens (primary N) is 1. The molecule has 0 aliphatic carbocycles. The van der Waals surface area contributed by atoms with Gasteiger partial charge in [-0.05, 0) is 24.3 Å². The zero-order chi connectivity index (χ0) is 27.4. The molecule has 2 aromatic carbocycles. The van der Waals surface area contributed by atoms with Crippen molar-refractivity contribution in [2.45, 2.75) is 6.42 Å². The van der Waals surface area contributed by atoms with E-state index >= 15 is 0 Å². The van der Waals surface area contributed by atoms with Crippen LogP contribution in [0, 0.1) is 17.7 Å². The van der Waals surface area contributed by atoms with Crippen LogP contribution in [0.2, 0.25) is 5.02 Å². The fourth-order valence-electron chi connectivity index (χ4n) is 4.27. The van der Waals surface area contributed by atoms with E-state index in [4.69, 9.17) is 31.8 Å². The third-order valence-corrected chi connectivity index (χ3v) is 6.43. The quantitative estimate of drug-likeness (QED) is 0.350. The van der Waals surface area contributed by atoms with Gasteiger partial charge in [-0.3, -0.25) is 4.79 Å². The van der Waals surface area contributed by atoms with Gasteiger partial charge in [0.05, 0.1) is 49.3 Å². The van der Waals surface area contributed by atoms with Crippen LogP contribution in [0.25, 0.3) is 10.9 Å². The molecule has 0 atom stereocenters. The fourth-order valence-corrected chi connectivity index (χ4v) is 4.52. The molecular weight excluding hydrogens is 525 g/mol. The first-order valence-electron chi connectivity index (χ1n) is 12.2. The van der Waals surface area contributed by atoms with E-state index in [0.29, 0.717) is 83.7 Å². The lowest BCUT2D eigenvalue weighted by atomic mass is 10.2. The maximum absolute atomic E-state index is 13.9. The van der Waals surface area contributed by atoms with Gasteiger partial charge in [0.25, 0.3) is 5.56 Å². The van der Waals surface area contributed by atoms with Gasteiger partial charge in [-0.2, -0.15) is 0 Å². The molecule has 200 valence electrons.